The zero-order valence-corrected chi connectivity index (χ0v) is 11.6. The molecule has 114 valence electrons. The maximum Gasteiger partial charge on any atom is 0.326 e. The smallest absolute Gasteiger partial charge is 0.326 e. The molecule has 2 fully saturated rings. The van der Waals surface area contributed by atoms with E-state index in [1.165, 1.54) is 9.80 Å². The number of aliphatic hydroxyl groups is 1. The Hall–Kier alpha value is -1.38. The van der Waals surface area contributed by atoms with Crippen molar-refractivity contribution < 1.29 is 29.3 Å². The molecule has 2 N–H and O–H groups in total. The number of carbonyl (C=O) groups excluding carboxylic acids is 1. The summed E-state index contributed by atoms with van der Waals surface area (Å²) in [7, 11) is 3.09. The first-order chi connectivity index (χ1) is 9.47. The topological polar surface area (TPSA) is 99.5 Å². The number of methoxy groups -OCH3 is 2. The van der Waals surface area contributed by atoms with Crippen LogP contribution < -0.4 is 0 Å². The Balaban J connectivity index is 2.06. The molecule has 0 aliphatic carbocycles. The molecule has 2 aliphatic heterocycles. The van der Waals surface area contributed by atoms with Gasteiger partial charge in [0.05, 0.1) is 19.2 Å². The molecule has 0 radical (unpaired) electrons. The van der Waals surface area contributed by atoms with Gasteiger partial charge in [0.15, 0.2) is 0 Å². The monoisotopic (exact) mass is 288 g/mol. The Labute approximate surface area is 116 Å². The van der Waals surface area contributed by atoms with Gasteiger partial charge in [0.25, 0.3) is 0 Å². The van der Waals surface area contributed by atoms with Crippen LogP contribution in [0.1, 0.15) is 6.42 Å². The first-order valence-electron chi connectivity index (χ1n) is 6.50. The fourth-order valence-electron chi connectivity index (χ4n) is 2.79. The largest absolute Gasteiger partial charge is 0.480 e. The fourth-order valence-corrected chi connectivity index (χ4v) is 2.79. The van der Waals surface area contributed by atoms with Crippen LogP contribution in [0.25, 0.3) is 0 Å². The number of aliphatic hydroxyl groups excluding tert-OH is 1. The SMILES string of the molecule is COC1CN(C(=O)N2C[C@H](O)C[C@@H]2C(=O)O)CC1OC. The van der Waals surface area contributed by atoms with Crippen LogP contribution in [-0.2, 0) is 14.3 Å². The third kappa shape index (κ3) is 2.72. The predicted octanol–water partition coefficient (Wildman–Crippen LogP) is -1.03. The van der Waals surface area contributed by atoms with E-state index < -0.39 is 24.1 Å². The quantitative estimate of drug-likeness (QED) is 0.689. The Morgan fingerprint density at radius 3 is 2.10 bits per heavy atom. The Bertz CT molecular complexity index is 378. The van der Waals surface area contributed by atoms with Crippen LogP contribution in [0.2, 0.25) is 0 Å². The highest BCUT2D eigenvalue weighted by molar-refractivity contribution is 5.83. The van der Waals surface area contributed by atoms with E-state index in [9.17, 15) is 14.7 Å². The highest BCUT2D eigenvalue weighted by atomic mass is 16.5. The van der Waals surface area contributed by atoms with Crippen molar-refractivity contribution in [2.24, 2.45) is 0 Å². The molecule has 8 nitrogen and oxygen atoms in total. The first-order valence-corrected chi connectivity index (χ1v) is 6.50. The minimum absolute atomic E-state index is 0.0433. The van der Waals surface area contributed by atoms with Gasteiger partial charge in [-0.25, -0.2) is 9.59 Å². The summed E-state index contributed by atoms with van der Waals surface area (Å²) in [6.07, 6.45) is -1.17. The summed E-state index contributed by atoms with van der Waals surface area (Å²) in [5, 5.41) is 18.7. The summed E-state index contributed by atoms with van der Waals surface area (Å²) >= 11 is 0. The van der Waals surface area contributed by atoms with Crippen LogP contribution in [0.4, 0.5) is 4.79 Å². The van der Waals surface area contributed by atoms with Crippen molar-refractivity contribution >= 4 is 12.0 Å². The van der Waals surface area contributed by atoms with Crippen LogP contribution in [0.15, 0.2) is 0 Å². The molecule has 20 heavy (non-hydrogen) atoms. The van der Waals surface area contributed by atoms with Gasteiger partial charge < -0.3 is 29.5 Å². The van der Waals surface area contributed by atoms with E-state index in [0.29, 0.717) is 13.1 Å². The number of rotatable bonds is 3. The molecule has 2 aliphatic rings. The number of carboxylic acids is 1. The van der Waals surface area contributed by atoms with Crippen LogP contribution in [0.3, 0.4) is 0 Å². The van der Waals surface area contributed by atoms with Gasteiger partial charge in [0.2, 0.25) is 0 Å². The van der Waals surface area contributed by atoms with Crippen molar-refractivity contribution in [1.29, 1.82) is 0 Å². The van der Waals surface area contributed by atoms with Gasteiger partial charge in [-0.15, -0.1) is 0 Å². The molecule has 0 aromatic rings. The number of urea groups is 1. The Morgan fingerprint density at radius 1 is 1.10 bits per heavy atom. The number of likely N-dealkylation sites (tertiary alicyclic amines) is 2. The number of amides is 2. The first kappa shape index (κ1) is 15.0. The van der Waals surface area contributed by atoms with Crippen molar-refractivity contribution in [2.45, 2.75) is 30.8 Å². The van der Waals surface area contributed by atoms with Gasteiger partial charge in [-0.1, -0.05) is 0 Å². The normalized spacial score (nSPS) is 33.8. The van der Waals surface area contributed by atoms with Crippen molar-refractivity contribution in [3.63, 3.8) is 0 Å². The molecule has 2 unspecified atom stereocenters. The number of carboxylic acid groups (broad SMARTS) is 1. The van der Waals surface area contributed by atoms with Crippen LogP contribution in [0.5, 0.6) is 0 Å². The lowest BCUT2D eigenvalue weighted by Gasteiger charge is -2.27. The van der Waals surface area contributed by atoms with Crippen molar-refractivity contribution in [2.75, 3.05) is 33.9 Å². The predicted molar refractivity (Wildman–Crippen MR) is 67.3 cm³/mol. The number of carbonyl (C=O) groups is 2. The van der Waals surface area contributed by atoms with E-state index in [1.807, 2.05) is 0 Å². The average molecular weight is 288 g/mol. The van der Waals surface area contributed by atoms with E-state index in [-0.39, 0.29) is 25.2 Å². The van der Waals surface area contributed by atoms with Crippen LogP contribution >= 0.6 is 0 Å². The molecule has 0 saturated carbocycles. The van der Waals surface area contributed by atoms with Gasteiger partial charge in [0.1, 0.15) is 18.2 Å². The molecule has 0 aromatic heterocycles. The summed E-state index contributed by atoms with van der Waals surface area (Å²) in [6, 6.07) is -1.37. The number of hydrogen-bond acceptors (Lipinski definition) is 5. The molecule has 0 spiro atoms. The van der Waals surface area contributed by atoms with Crippen molar-refractivity contribution in [1.82, 2.24) is 9.80 Å². The highest BCUT2D eigenvalue weighted by Crippen LogP contribution is 2.23. The van der Waals surface area contributed by atoms with E-state index in [0.717, 1.165) is 0 Å². The van der Waals surface area contributed by atoms with Gasteiger partial charge in [0, 0.05) is 27.2 Å². The van der Waals surface area contributed by atoms with Gasteiger partial charge in [-0.2, -0.15) is 0 Å². The lowest BCUT2D eigenvalue weighted by molar-refractivity contribution is -0.141. The third-order valence-electron chi connectivity index (χ3n) is 3.90. The molecule has 8 heteroatoms. The molecule has 0 bridgehead atoms. The summed E-state index contributed by atoms with van der Waals surface area (Å²) in [5.74, 6) is -1.10. The zero-order valence-electron chi connectivity index (χ0n) is 11.6. The molecular formula is C12H20N2O6. The molecule has 2 amide bonds. The second kappa shape index (κ2) is 5.94. The Morgan fingerprint density at radius 2 is 1.65 bits per heavy atom. The van der Waals surface area contributed by atoms with Crippen molar-refractivity contribution in [3.05, 3.63) is 0 Å². The second-order valence-corrected chi connectivity index (χ2v) is 5.13. The van der Waals surface area contributed by atoms with E-state index in [2.05, 4.69) is 0 Å². The average Bonchev–Trinajstić information content (AvgIpc) is 3.00. The van der Waals surface area contributed by atoms with Crippen LogP contribution in [-0.4, -0.2) is 90.2 Å². The number of hydrogen-bond donors (Lipinski definition) is 2. The molecule has 2 saturated heterocycles. The number of β-amino-alcohol motifs (C(OH)–C–C–N with tert-alkyl or cyclic N) is 1. The molecular weight excluding hydrogens is 268 g/mol. The van der Waals surface area contributed by atoms with Gasteiger partial charge in [-0.05, 0) is 0 Å². The minimum Gasteiger partial charge on any atom is -0.480 e. The molecule has 2 heterocycles. The fraction of sp³-hybridized carbons (Fsp3) is 0.833. The molecule has 4 atom stereocenters. The standard InChI is InChI=1S/C12H20N2O6/c1-19-9-5-13(6-10(9)20-2)12(18)14-4-7(15)3-8(14)11(16)17/h7-10,15H,3-6H2,1-2H3,(H,16,17)/t7-,8-,9?,10?/m1/s1. The highest BCUT2D eigenvalue weighted by Gasteiger charge is 2.44. The van der Waals surface area contributed by atoms with Gasteiger partial charge >= 0.3 is 12.0 Å². The Kier molecular flexibility index (Phi) is 4.46. The summed E-state index contributed by atoms with van der Waals surface area (Å²) in [5.41, 5.74) is 0. The van der Waals surface area contributed by atoms with E-state index >= 15 is 0 Å². The second-order valence-electron chi connectivity index (χ2n) is 5.13. The third-order valence-corrected chi connectivity index (χ3v) is 3.90. The summed E-state index contributed by atoms with van der Waals surface area (Å²) in [6.45, 7) is 0.751. The molecule has 2 rings (SSSR count). The number of ether oxygens (including phenoxy) is 2. The maximum atomic E-state index is 12.4. The zero-order chi connectivity index (χ0) is 14.9. The summed E-state index contributed by atoms with van der Waals surface area (Å²) < 4.78 is 10.5. The lowest BCUT2D eigenvalue weighted by Crippen LogP contribution is -2.47. The maximum absolute atomic E-state index is 12.4. The van der Waals surface area contributed by atoms with Crippen LogP contribution in [0, 0.1) is 0 Å². The van der Waals surface area contributed by atoms with Crippen molar-refractivity contribution in [3.8, 4) is 0 Å². The van der Waals surface area contributed by atoms with E-state index in [4.69, 9.17) is 14.6 Å². The van der Waals surface area contributed by atoms with E-state index in [1.54, 1.807) is 14.2 Å². The summed E-state index contributed by atoms with van der Waals surface area (Å²) in [4.78, 5) is 26.3. The lowest BCUT2D eigenvalue weighted by atomic mass is 10.2. The van der Waals surface area contributed by atoms with Gasteiger partial charge in [-0.3, -0.25) is 0 Å². The minimum atomic E-state index is -1.10. The number of aliphatic carboxylic acids is 1. The number of nitrogens with zero attached hydrogens (tertiary/aromatic N) is 2. The molecule has 0 aromatic carbocycles.